The summed E-state index contributed by atoms with van der Waals surface area (Å²) in [6, 6.07) is 0. The molecule has 0 aliphatic carbocycles. The van der Waals surface area contributed by atoms with Crippen molar-refractivity contribution in [2.45, 2.75) is 277 Å². The highest BCUT2D eigenvalue weighted by Crippen LogP contribution is 2.14. The summed E-state index contributed by atoms with van der Waals surface area (Å²) in [5.41, 5.74) is 0. The monoisotopic (exact) mass is 1260 g/mol. The molecule has 510 valence electrons. The number of hydrogen-bond acceptors (Lipinski definition) is 5. The van der Waals surface area contributed by atoms with Gasteiger partial charge in [0.1, 0.15) is 6.61 Å². The predicted octanol–water partition coefficient (Wildman–Crippen LogP) is 26.2. The number of rotatable bonds is 64. The van der Waals surface area contributed by atoms with Crippen LogP contribution in [0.15, 0.2) is 243 Å². The van der Waals surface area contributed by atoms with Gasteiger partial charge in [-0.25, -0.2) is 0 Å². The van der Waals surface area contributed by atoms with Crippen LogP contribution in [0.2, 0.25) is 0 Å². The standard InChI is InChI=1S/C87H132O5/c1-3-5-7-9-11-13-15-17-19-21-23-25-27-29-31-33-35-37-39-41-43-45-47-49-51-53-55-57-59-61-63-65-67-69-71-73-75-77-79-81-86(89)91-84-85(83-88)92-87(90)82-80-78-76-74-72-70-68-66-64-62-60-58-56-54-52-50-48-46-44-42-40-38-36-34-32-30-28-26-24-22-20-18-16-14-12-10-8-6-4-2/h5-8,11-14,17-20,23-26,29-32,35-38,41-44,47-50,53-56,59-62,85,88H,3-4,9-10,15-16,21-22,27-28,33-34,39-40,45-46,51-52,57-58,63-84H2,1-2H3/b7-5-,8-6-,13-11-,14-12-,19-17-,20-18-,25-23-,26-24-,31-29-,32-30-,37-35-,38-36-,43-41-,44-42-,49-47-,50-48-,55-53-,56-54-,61-59-,62-60-. The van der Waals surface area contributed by atoms with Crippen molar-refractivity contribution in [1.82, 2.24) is 0 Å². The van der Waals surface area contributed by atoms with Crippen LogP contribution in [0.5, 0.6) is 0 Å². The third kappa shape index (κ3) is 76.2. The van der Waals surface area contributed by atoms with Crippen LogP contribution in [0.4, 0.5) is 0 Å². The largest absolute Gasteiger partial charge is 0.462 e. The molecule has 0 aromatic rings. The molecule has 0 fully saturated rings. The topological polar surface area (TPSA) is 72.8 Å². The number of ether oxygens (including phenoxy) is 2. The molecule has 0 aliphatic rings. The zero-order valence-corrected chi connectivity index (χ0v) is 58.5. The summed E-state index contributed by atoms with van der Waals surface area (Å²) in [7, 11) is 0. The first-order valence-corrected chi connectivity index (χ1v) is 36.6. The molecule has 0 aliphatic heterocycles. The second-order valence-electron chi connectivity index (χ2n) is 23.2. The van der Waals surface area contributed by atoms with Crippen molar-refractivity contribution < 1.29 is 24.2 Å². The lowest BCUT2D eigenvalue weighted by Gasteiger charge is -2.15. The first-order valence-electron chi connectivity index (χ1n) is 36.6. The van der Waals surface area contributed by atoms with E-state index in [0.717, 1.165) is 180 Å². The zero-order chi connectivity index (χ0) is 66.1. The summed E-state index contributed by atoms with van der Waals surface area (Å²) >= 11 is 0. The molecular formula is C87H132O5. The lowest BCUT2D eigenvalue weighted by atomic mass is 10.1. The summed E-state index contributed by atoms with van der Waals surface area (Å²) < 4.78 is 10.7. The minimum absolute atomic E-state index is 0.0890. The van der Waals surface area contributed by atoms with E-state index < -0.39 is 6.10 Å². The molecule has 5 heteroatoms. The number of aliphatic hydroxyl groups is 1. The Kier molecular flexibility index (Phi) is 73.5. The number of aliphatic hydroxyl groups excluding tert-OH is 1. The summed E-state index contributed by atoms with van der Waals surface area (Å²) in [6.45, 7) is 3.89. The van der Waals surface area contributed by atoms with Gasteiger partial charge in [-0.1, -0.05) is 334 Å². The average molecular weight is 1260 g/mol. The fraction of sp³-hybridized carbons (Fsp3) is 0.517. The van der Waals surface area contributed by atoms with E-state index >= 15 is 0 Å². The molecule has 5 nitrogen and oxygen atoms in total. The Hall–Kier alpha value is -6.30. The molecule has 0 aromatic heterocycles. The van der Waals surface area contributed by atoms with Crippen molar-refractivity contribution in [3.63, 3.8) is 0 Å². The van der Waals surface area contributed by atoms with Crippen molar-refractivity contribution in [2.75, 3.05) is 13.2 Å². The van der Waals surface area contributed by atoms with Crippen LogP contribution in [0, 0.1) is 0 Å². The highest BCUT2D eigenvalue weighted by Gasteiger charge is 2.16. The molecule has 0 bridgehead atoms. The molecule has 0 saturated heterocycles. The van der Waals surface area contributed by atoms with Gasteiger partial charge < -0.3 is 14.6 Å². The van der Waals surface area contributed by atoms with Crippen LogP contribution >= 0.6 is 0 Å². The number of allylic oxidation sites excluding steroid dienone is 40. The molecule has 1 unspecified atom stereocenters. The first-order chi connectivity index (χ1) is 45.6. The molecule has 1 atom stereocenters. The van der Waals surface area contributed by atoms with Gasteiger partial charge >= 0.3 is 11.9 Å². The molecule has 0 amide bonds. The van der Waals surface area contributed by atoms with Crippen LogP contribution in [-0.2, 0) is 19.1 Å². The molecule has 0 heterocycles. The molecule has 1 N–H and O–H groups in total. The second kappa shape index (κ2) is 78.9. The molecule has 0 radical (unpaired) electrons. The molecule has 0 spiro atoms. The second-order valence-corrected chi connectivity index (χ2v) is 23.2. The Morgan fingerprint density at radius 1 is 0.250 bits per heavy atom. The van der Waals surface area contributed by atoms with Crippen molar-refractivity contribution in [2.24, 2.45) is 0 Å². The van der Waals surface area contributed by atoms with E-state index in [2.05, 4.69) is 257 Å². The minimum atomic E-state index is -0.801. The van der Waals surface area contributed by atoms with E-state index in [1.807, 2.05) is 0 Å². The Morgan fingerprint density at radius 2 is 0.435 bits per heavy atom. The fourth-order valence-electron chi connectivity index (χ4n) is 9.26. The molecular weight excluding hydrogens is 1120 g/mol. The van der Waals surface area contributed by atoms with Crippen LogP contribution in [0.1, 0.15) is 271 Å². The maximum absolute atomic E-state index is 12.4. The molecule has 0 saturated carbocycles. The summed E-state index contributed by atoms with van der Waals surface area (Å²) in [5, 5.41) is 9.71. The highest BCUT2D eigenvalue weighted by atomic mass is 16.6. The number of carbonyl (C=O) groups excluding carboxylic acids is 2. The third-order valence-electron chi connectivity index (χ3n) is 14.6. The van der Waals surface area contributed by atoms with Crippen LogP contribution in [-0.4, -0.2) is 36.4 Å². The lowest BCUT2D eigenvalue weighted by molar-refractivity contribution is -0.161. The quantitative estimate of drug-likeness (QED) is 0.0373. The minimum Gasteiger partial charge on any atom is -0.462 e. The fourth-order valence-corrected chi connectivity index (χ4v) is 9.26. The van der Waals surface area contributed by atoms with Crippen molar-refractivity contribution >= 4 is 11.9 Å². The molecule has 0 aromatic carbocycles. The Bertz CT molecular complexity index is 2270. The average Bonchev–Trinajstić information content (AvgIpc) is 3.75. The van der Waals surface area contributed by atoms with Gasteiger partial charge in [0.2, 0.25) is 0 Å². The SMILES string of the molecule is CC/C=C\C/C=C\C/C=C\C/C=C\C/C=C\C/C=C\C/C=C\C/C=C\C/C=C\C/C=C\CCCCCCCCCCC(=O)OCC(CO)OC(=O)CCCCCCCCCC/C=C\C/C=C\C/C=C\C/C=C\C/C=C\C/C=C\C/C=C\C/C=C\C/C=C\C/C=C\CC. The molecule has 0 rings (SSSR count). The van der Waals surface area contributed by atoms with E-state index in [9.17, 15) is 14.7 Å². The number of unbranched alkanes of at least 4 members (excludes halogenated alkanes) is 16. The van der Waals surface area contributed by atoms with Gasteiger partial charge in [-0.2, -0.15) is 0 Å². The zero-order valence-electron chi connectivity index (χ0n) is 58.5. The van der Waals surface area contributed by atoms with Crippen LogP contribution in [0.3, 0.4) is 0 Å². The summed E-state index contributed by atoms with van der Waals surface area (Å²) in [4.78, 5) is 24.7. The van der Waals surface area contributed by atoms with Crippen molar-refractivity contribution in [3.05, 3.63) is 243 Å². The maximum atomic E-state index is 12.4. The Labute approximate surface area is 566 Å². The maximum Gasteiger partial charge on any atom is 0.306 e. The van der Waals surface area contributed by atoms with Gasteiger partial charge in [-0.3, -0.25) is 9.59 Å². The van der Waals surface area contributed by atoms with Gasteiger partial charge in [0.05, 0.1) is 6.61 Å². The van der Waals surface area contributed by atoms with Gasteiger partial charge in [0.25, 0.3) is 0 Å². The normalized spacial score (nSPS) is 13.7. The van der Waals surface area contributed by atoms with Gasteiger partial charge in [-0.15, -0.1) is 0 Å². The number of carbonyl (C=O) groups is 2. The molecule has 92 heavy (non-hydrogen) atoms. The van der Waals surface area contributed by atoms with Crippen LogP contribution < -0.4 is 0 Å². The van der Waals surface area contributed by atoms with E-state index in [1.54, 1.807) is 0 Å². The van der Waals surface area contributed by atoms with E-state index in [1.165, 1.54) is 64.2 Å². The lowest BCUT2D eigenvalue weighted by Crippen LogP contribution is -2.28. The first kappa shape index (κ1) is 85.7. The van der Waals surface area contributed by atoms with E-state index in [-0.39, 0.29) is 25.2 Å². The van der Waals surface area contributed by atoms with Crippen molar-refractivity contribution in [3.8, 4) is 0 Å². The van der Waals surface area contributed by atoms with Gasteiger partial charge in [0, 0.05) is 12.8 Å². The highest BCUT2D eigenvalue weighted by molar-refractivity contribution is 5.70. The smallest absolute Gasteiger partial charge is 0.306 e. The summed E-state index contributed by atoms with van der Waals surface area (Å²) in [6.07, 6.45) is 130. The number of hydrogen-bond donors (Lipinski definition) is 1. The van der Waals surface area contributed by atoms with E-state index in [4.69, 9.17) is 9.47 Å². The Balaban J connectivity index is 3.64. The predicted molar refractivity (Wildman–Crippen MR) is 407 cm³/mol. The van der Waals surface area contributed by atoms with Gasteiger partial charge in [-0.05, 0) is 167 Å². The van der Waals surface area contributed by atoms with Crippen molar-refractivity contribution in [1.29, 1.82) is 0 Å². The third-order valence-corrected chi connectivity index (χ3v) is 14.6. The Morgan fingerprint density at radius 3 is 0.652 bits per heavy atom. The number of esters is 2. The van der Waals surface area contributed by atoms with E-state index in [0.29, 0.717) is 12.8 Å². The van der Waals surface area contributed by atoms with Gasteiger partial charge in [0.15, 0.2) is 6.10 Å². The summed E-state index contributed by atoms with van der Waals surface area (Å²) in [5.74, 6) is -0.625. The van der Waals surface area contributed by atoms with Crippen LogP contribution in [0.25, 0.3) is 0 Å².